The van der Waals surface area contributed by atoms with Crippen LogP contribution in [0.3, 0.4) is 0 Å². The lowest BCUT2D eigenvalue weighted by atomic mass is 10.0. The highest BCUT2D eigenvalue weighted by Gasteiger charge is 2.36. The van der Waals surface area contributed by atoms with Crippen molar-refractivity contribution in [3.63, 3.8) is 0 Å². The van der Waals surface area contributed by atoms with E-state index in [9.17, 15) is 14.7 Å². The summed E-state index contributed by atoms with van der Waals surface area (Å²) in [5.41, 5.74) is 1.33. The Bertz CT molecular complexity index is 1030. The highest BCUT2D eigenvalue weighted by molar-refractivity contribution is 5.96. The predicted octanol–water partition coefficient (Wildman–Crippen LogP) is 5.12. The fraction of sp³-hybridized carbons (Fsp3) is 0.417. The molecule has 1 fully saturated rings. The Labute approximate surface area is 187 Å². The van der Waals surface area contributed by atoms with Gasteiger partial charge in [0.2, 0.25) is 11.8 Å². The van der Waals surface area contributed by atoms with Gasteiger partial charge in [0.15, 0.2) is 0 Å². The first-order valence-electron chi connectivity index (χ1n) is 10.6. The number of anilines is 1. The number of hydrogen-bond acceptors (Lipinski definition) is 5. The van der Waals surface area contributed by atoms with Crippen LogP contribution < -0.4 is 10.1 Å². The van der Waals surface area contributed by atoms with Crippen molar-refractivity contribution in [1.82, 2.24) is 9.88 Å². The molecule has 2 N–H and O–H groups in total. The lowest BCUT2D eigenvalue weighted by Gasteiger charge is -2.38. The molecule has 0 aliphatic heterocycles. The fourth-order valence-electron chi connectivity index (χ4n) is 3.65. The molecule has 2 amide bonds. The SMILES string of the molecule is CC[C@H](C(=O)Nc1ccc(Oc2ccc(C#N)cc2C2CC2)nc1)N(C(=O)O)C(C)(C)C. The Morgan fingerprint density at radius 2 is 2.03 bits per heavy atom. The van der Waals surface area contributed by atoms with Gasteiger partial charge in [-0.25, -0.2) is 9.78 Å². The van der Waals surface area contributed by atoms with E-state index in [1.807, 2.05) is 6.07 Å². The van der Waals surface area contributed by atoms with Crippen LogP contribution in [0.2, 0.25) is 0 Å². The van der Waals surface area contributed by atoms with E-state index in [4.69, 9.17) is 10.00 Å². The minimum Gasteiger partial charge on any atom is -0.465 e. The molecule has 3 rings (SSSR count). The Morgan fingerprint density at radius 1 is 1.31 bits per heavy atom. The van der Waals surface area contributed by atoms with Gasteiger partial charge in [0, 0.05) is 11.6 Å². The van der Waals surface area contributed by atoms with Gasteiger partial charge >= 0.3 is 6.09 Å². The molecule has 1 aromatic carbocycles. The third-order valence-corrected chi connectivity index (χ3v) is 5.30. The number of benzene rings is 1. The minimum absolute atomic E-state index is 0.340. The van der Waals surface area contributed by atoms with Gasteiger partial charge in [0.25, 0.3) is 0 Å². The molecule has 1 saturated carbocycles. The molecule has 8 nitrogen and oxygen atoms in total. The molecule has 168 valence electrons. The molecule has 1 aliphatic rings. The summed E-state index contributed by atoms with van der Waals surface area (Å²) in [5, 5.41) is 21.5. The number of hydrogen-bond donors (Lipinski definition) is 2. The van der Waals surface area contributed by atoms with E-state index >= 15 is 0 Å². The number of pyridine rings is 1. The summed E-state index contributed by atoms with van der Waals surface area (Å²) in [6.07, 6.45) is 2.82. The second kappa shape index (κ2) is 9.27. The quantitative estimate of drug-likeness (QED) is 0.622. The smallest absolute Gasteiger partial charge is 0.408 e. The number of carbonyl (C=O) groups excluding carboxylic acids is 1. The first-order valence-corrected chi connectivity index (χ1v) is 10.6. The van der Waals surface area contributed by atoms with Crippen molar-refractivity contribution in [2.75, 3.05) is 5.32 Å². The van der Waals surface area contributed by atoms with Gasteiger partial charge in [0.05, 0.1) is 23.5 Å². The van der Waals surface area contributed by atoms with Crippen LogP contribution in [-0.2, 0) is 4.79 Å². The van der Waals surface area contributed by atoms with Crippen molar-refractivity contribution in [1.29, 1.82) is 5.26 Å². The van der Waals surface area contributed by atoms with Gasteiger partial charge in [-0.15, -0.1) is 0 Å². The molecule has 8 heteroatoms. The monoisotopic (exact) mass is 436 g/mol. The summed E-state index contributed by atoms with van der Waals surface area (Å²) in [7, 11) is 0. The van der Waals surface area contributed by atoms with Crippen LogP contribution in [0.15, 0.2) is 36.5 Å². The second-order valence-corrected chi connectivity index (χ2v) is 8.86. The first kappa shape index (κ1) is 23.1. The van der Waals surface area contributed by atoms with E-state index in [0.29, 0.717) is 35.2 Å². The van der Waals surface area contributed by atoms with E-state index < -0.39 is 23.6 Å². The zero-order chi connectivity index (χ0) is 23.5. The number of nitrogens with zero attached hydrogens (tertiary/aromatic N) is 3. The molecule has 0 saturated heterocycles. The van der Waals surface area contributed by atoms with Crippen LogP contribution in [0.5, 0.6) is 11.6 Å². The number of ether oxygens (including phenoxy) is 1. The fourth-order valence-corrected chi connectivity index (χ4v) is 3.65. The molecule has 0 bridgehead atoms. The summed E-state index contributed by atoms with van der Waals surface area (Å²) in [4.78, 5) is 30.0. The van der Waals surface area contributed by atoms with Crippen LogP contribution >= 0.6 is 0 Å². The number of carboxylic acid groups (broad SMARTS) is 1. The number of nitriles is 1. The topological polar surface area (TPSA) is 116 Å². The summed E-state index contributed by atoms with van der Waals surface area (Å²) in [6, 6.07) is 9.98. The molecule has 32 heavy (non-hydrogen) atoms. The second-order valence-electron chi connectivity index (χ2n) is 8.86. The van der Waals surface area contributed by atoms with E-state index in [2.05, 4.69) is 16.4 Å². The number of carbonyl (C=O) groups is 2. The maximum absolute atomic E-state index is 12.8. The Morgan fingerprint density at radius 3 is 2.53 bits per heavy atom. The normalized spacial score (nSPS) is 14.2. The minimum atomic E-state index is -1.14. The van der Waals surface area contributed by atoms with Gasteiger partial charge in [-0.2, -0.15) is 5.26 Å². The Kier molecular flexibility index (Phi) is 6.68. The van der Waals surface area contributed by atoms with Gasteiger partial charge in [0.1, 0.15) is 11.8 Å². The van der Waals surface area contributed by atoms with Crippen molar-refractivity contribution in [3.05, 3.63) is 47.7 Å². The van der Waals surface area contributed by atoms with Crippen molar-refractivity contribution >= 4 is 17.7 Å². The van der Waals surface area contributed by atoms with Crippen LogP contribution in [0, 0.1) is 11.3 Å². The van der Waals surface area contributed by atoms with Crippen molar-refractivity contribution < 1.29 is 19.4 Å². The number of aromatic nitrogens is 1. The van der Waals surface area contributed by atoms with Crippen LogP contribution in [-0.4, -0.2) is 38.6 Å². The maximum atomic E-state index is 12.8. The Balaban J connectivity index is 1.72. The molecule has 2 aromatic rings. The molecule has 1 atom stereocenters. The van der Waals surface area contributed by atoms with Gasteiger partial charge < -0.3 is 15.2 Å². The molecular weight excluding hydrogens is 408 g/mol. The van der Waals surface area contributed by atoms with Gasteiger partial charge in [-0.1, -0.05) is 6.92 Å². The van der Waals surface area contributed by atoms with Crippen molar-refractivity contribution in [2.45, 2.75) is 64.5 Å². The Hall–Kier alpha value is -3.60. The van der Waals surface area contributed by atoms with Crippen LogP contribution in [0.25, 0.3) is 0 Å². The highest BCUT2D eigenvalue weighted by atomic mass is 16.5. The number of amides is 2. The third kappa shape index (κ3) is 5.35. The molecule has 1 aliphatic carbocycles. The molecule has 1 heterocycles. The van der Waals surface area contributed by atoms with Crippen LogP contribution in [0.1, 0.15) is 64.0 Å². The van der Waals surface area contributed by atoms with E-state index in [-0.39, 0.29) is 0 Å². The number of rotatable bonds is 7. The summed E-state index contributed by atoms with van der Waals surface area (Å²) >= 11 is 0. The lowest BCUT2D eigenvalue weighted by Crippen LogP contribution is -2.55. The van der Waals surface area contributed by atoms with Crippen LogP contribution in [0.4, 0.5) is 10.5 Å². The average Bonchev–Trinajstić information content (AvgIpc) is 3.57. The maximum Gasteiger partial charge on any atom is 0.408 e. The first-order chi connectivity index (χ1) is 15.1. The number of nitrogens with one attached hydrogen (secondary N) is 1. The lowest BCUT2D eigenvalue weighted by molar-refractivity contribution is -0.122. The van der Waals surface area contributed by atoms with E-state index in [1.54, 1.807) is 52.0 Å². The molecular formula is C24H28N4O4. The van der Waals surface area contributed by atoms with Crippen molar-refractivity contribution in [2.24, 2.45) is 0 Å². The summed E-state index contributed by atoms with van der Waals surface area (Å²) in [6.45, 7) is 7.04. The van der Waals surface area contributed by atoms with Crippen molar-refractivity contribution in [3.8, 4) is 17.7 Å². The average molecular weight is 437 g/mol. The molecule has 0 radical (unpaired) electrons. The molecule has 1 aromatic heterocycles. The van der Waals surface area contributed by atoms with Gasteiger partial charge in [-0.3, -0.25) is 9.69 Å². The largest absolute Gasteiger partial charge is 0.465 e. The van der Waals surface area contributed by atoms with E-state index in [1.165, 1.54) is 6.20 Å². The summed E-state index contributed by atoms with van der Waals surface area (Å²) < 4.78 is 5.93. The zero-order valence-electron chi connectivity index (χ0n) is 18.8. The van der Waals surface area contributed by atoms with E-state index in [0.717, 1.165) is 23.3 Å². The van der Waals surface area contributed by atoms with Gasteiger partial charge in [-0.05, 0) is 75.8 Å². The zero-order valence-corrected chi connectivity index (χ0v) is 18.8. The predicted molar refractivity (Wildman–Crippen MR) is 120 cm³/mol. The highest BCUT2D eigenvalue weighted by Crippen LogP contribution is 2.45. The third-order valence-electron chi connectivity index (χ3n) is 5.30. The molecule has 0 spiro atoms. The summed E-state index contributed by atoms with van der Waals surface area (Å²) in [5.74, 6) is 1.03. The standard InChI is InChI=1S/C24H28N4O4/c1-5-19(28(23(30)31)24(2,3)4)22(29)27-17-9-11-21(26-14-17)32-20-10-6-15(13-25)12-18(20)16-7-8-16/h6,9-12,14,16,19H,5,7-8H2,1-4H3,(H,27,29)(H,30,31)/t19-/m1/s1. The molecule has 0 unspecified atom stereocenters.